The topological polar surface area (TPSA) is 46.9 Å². The molecule has 134 valence electrons. The summed E-state index contributed by atoms with van der Waals surface area (Å²) in [7, 11) is 0. The fraction of sp³-hybridized carbons (Fsp3) is 0.200. The second kappa shape index (κ2) is 7.14. The van der Waals surface area contributed by atoms with Crippen LogP contribution < -0.4 is 5.32 Å². The van der Waals surface area contributed by atoms with E-state index in [0.29, 0.717) is 21.4 Å². The molecule has 2 aromatic carbocycles. The Labute approximate surface area is 162 Å². The quantitative estimate of drug-likeness (QED) is 0.623. The van der Waals surface area contributed by atoms with Crippen molar-refractivity contribution in [2.24, 2.45) is 0 Å². The number of nitrogens with zero attached hydrogens (tertiary/aromatic N) is 2. The number of hydrogen-bond donors (Lipinski definition) is 1. The average Bonchev–Trinajstić information content (AvgIpc) is 3.05. The van der Waals surface area contributed by atoms with Crippen LogP contribution in [0.25, 0.3) is 5.69 Å². The minimum atomic E-state index is -0.204. The Balaban J connectivity index is 1.74. The van der Waals surface area contributed by atoms with E-state index in [0.717, 1.165) is 5.69 Å². The fourth-order valence-corrected chi connectivity index (χ4v) is 2.76. The molecule has 4 nitrogen and oxygen atoms in total. The van der Waals surface area contributed by atoms with E-state index in [1.54, 1.807) is 35.1 Å². The summed E-state index contributed by atoms with van der Waals surface area (Å²) >= 11 is 12.0. The molecule has 0 fully saturated rings. The number of aromatic nitrogens is 2. The van der Waals surface area contributed by atoms with Gasteiger partial charge in [0.05, 0.1) is 15.7 Å². The Morgan fingerprint density at radius 2 is 1.69 bits per heavy atom. The van der Waals surface area contributed by atoms with Crippen LogP contribution in [-0.2, 0) is 5.41 Å². The summed E-state index contributed by atoms with van der Waals surface area (Å²) < 4.78 is 1.63. The molecule has 1 aromatic heterocycles. The van der Waals surface area contributed by atoms with Crippen molar-refractivity contribution in [1.82, 2.24) is 9.78 Å². The Hall–Kier alpha value is -2.30. The lowest BCUT2D eigenvalue weighted by atomic mass is 9.87. The number of nitrogens with one attached hydrogen (secondary N) is 1. The average molecular weight is 388 g/mol. The summed E-state index contributed by atoms with van der Waals surface area (Å²) in [5, 5.41) is 8.09. The summed E-state index contributed by atoms with van der Waals surface area (Å²) in [5.41, 5.74) is 2.57. The predicted octanol–water partition coefficient (Wildman–Crippen LogP) is 5.73. The van der Waals surface area contributed by atoms with E-state index in [1.807, 2.05) is 24.3 Å². The van der Waals surface area contributed by atoms with Gasteiger partial charge in [-0.05, 0) is 41.3 Å². The molecule has 0 aliphatic rings. The first kappa shape index (κ1) is 18.5. The zero-order valence-electron chi connectivity index (χ0n) is 14.8. The molecule has 0 aliphatic heterocycles. The number of carbonyl (C=O) groups excluding carboxylic acids is 1. The number of rotatable bonds is 3. The van der Waals surface area contributed by atoms with Crippen molar-refractivity contribution >= 4 is 34.9 Å². The molecule has 1 N–H and O–H groups in total. The van der Waals surface area contributed by atoms with E-state index in [-0.39, 0.29) is 11.3 Å². The number of hydrogen-bond acceptors (Lipinski definition) is 2. The van der Waals surface area contributed by atoms with E-state index < -0.39 is 0 Å². The van der Waals surface area contributed by atoms with Crippen molar-refractivity contribution in [3.63, 3.8) is 0 Å². The van der Waals surface area contributed by atoms with Crippen molar-refractivity contribution in [1.29, 1.82) is 0 Å². The first-order valence-electron chi connectivity index (χ1n) is 8.17. The molecule has 3 rings (SSSR count). The van der Waals surface area contributed by atoms with E-state index in [1.165, 1.54) is 5.56 Å². The third-order valence-corrected chi connectivity index (χ3v) is 4.75. The van der Waals surface area contributed by atoms with Gasteiger partial charge in [0, 0.05) is 17.8 Å². The highest BCUT2D eigenvalue weighted by Crippen LogP contribution is 2.25. The maximum absolute atomic E-state index is 12.4. The lowest BCUT2D eigenvalue weighted by Crippen LogP contribution is -2.14. The van der Waals surface area contributed by atoms with Crippen LogP contribution in [0, 0.1) is 0 Å². The van der Waals surface area contributed by atoms with Gasteiger partial charge in [-0.1, -0.05) is 56.1 Å². The van der Waals surface area contributed by atoms with Gasteiger partial charge in [-0.2, -0.15) is 5.10 Å². The molecule has 0 unspecified atom stereocenters. The highest BCUT2D eigenvalue weighted by atomic mass is 35.5. The Morgan fingerprint density at radius 1 is 1.00 bits per heavy atom. The van der Waals surface area contributed by atoms with E-state index in [2.05, 4.69) is 31.2 Å². The van der Waals surface area contributed by atoms with Crippen molar-refractivity contribution in [3.8, 4) is 5.69 Å². The van der Waals surface area contributed by atoms with Crippen molar-refractivity contribution in [2.75, 3.05) is 5.32 Å². The SMILES string of the molecule is CC(C)(C)c1ccc(C(=O)Nc2ccn(-c3ccc(Cl)c(Cl)c3)n2)cc1. The third-order valence-electron chi connectivity index (χ3n) is 4.01. The molecule has 26 heavy (non-hydrogen) atoms. The summed E-state index contributed by atoms with van der Waals surface area (Å²) in [5.74, 6) is 0.255. The van der Waals surface area contributed by atoms with Crippen LogP contribution in [0.5, 0.6) is 0 Å². The Bertz CT molecular complexity index is 940. The minimum Gasteiger partial charge on any atom is -0.305 e. The molecule has 0 spiro atoms. The highest BCUT2D eigenvalue weighted by Gasteiger charge is 2.15. The van der Waals surface area contributed by atoms with Gasteiger partial charge in [-0.25, -0.2) is 4.68 Å². The van der Waals surface area contributed by atoms with Gasteiger partial charge in [0.15, 0.2) is 5.82 Å². The second-order valence-electron chi connectivity index (χ2n) is 7.03. The lowest BCUT2D eigenvalue weighted by Gasteiger charge is -2.18. The fourth-order valence-electron chi connectivity index (χ4n) is 2.47. The number of amides is 1. The van der Waals surface area contributed by atoms with Gasteiger partial charge in [0.25, 0.3) is 5.91 Å². The normalized spacial score (nSPS) is 11.4. The molecule has 0 bridgehead atoms. The van der Waals surface area contributed by atoms with Crippen molar-refractivity contribution in [3.05, 3.63) is 75.9 Å². The Kier molecular flexibility index (Phi) is 5.08. The van der Waals surface area contributed by atoms with E-state index >= 15 is 0 Å². The van der Waals surface area contributed by atoms with Crippen molar-refractivity contribution in [2.45, 2.75) is 26.2 Å². The molecular formula is C20H19Cl2N3O. The van der Waals surface area contributed by atoms with Gasteiger partial charge >= 0.3 is 0 Å². The first-order chi connectivity index (χ1) is 12.2. The van der Waals surface area contributed by atoms with Crippen LogP contribution in [-0.4, -0.2) is 15.7 Å². The summed E-state index contributed by atoms with van der Waals surface area (Å²) in [6, 6.07) is 14.6. The van der Waals surface area contributed by atoms with Crippen LogP contribution in [0.15, 0.2) is 54.7 Å². The summed E-state index contributed by atoms with van der Waals surface area (Å²) in [4.78, 5) is 12.4. The molecule has 6 heteroatoms. The maximum atomic E-state index is 12.4. The summed E-state index contributed by atoms with van der Waals surface area (Å²) in [6.07, 6.45) is 1.75. The van der Waals surface area contributed by atoms with Gasteiger partial charge in [-0.3, -0.25) is 4.79 Å². The number of benzene rings is 2. The smallest absolute Gasteiger partial charge is 0.256 e. The van der Waals surface area contributed by atoms with Gasteiger partial charge in [0.2, 0.25) is 0 Å². The van der Waals surface area contributed by atoms with Crippen LogP contribution >= 0.6 is 23.2 Å². The second-order valence-corrected chi connectivity index (χ2v) is 7.84. The monoisotopic (exact) mass is 387 g/mol. The number of anilines is 1. The van der Waals surface area contributed by atoms with E-state index in [9.17, 15) is 4.79 Å². The molecule has 0 saturated heterocycles. The summed E-state index contributed by atoms with van der Waals surface area (Å²) in [6.45, 7) is 6.41. The number of halogens is 2. The number of carbonyl (C=O) groups is 1. The first-order valence-corrected chi connectivity index (χ1v) is 8.92. The van der Waals surface area contributed by atoms with Gasteiger partial charge < -0.3 is 5.32 Å². The minimum absolute atomic E-state index is 0.0492. The zero-order chi connectivity index (χ0) is 18.9. The van der Waals surface area contributed by atoms with Crippen LogP contribution in [0.1, 0.15) is 36.7 Å². The lowest BCUT2D eigenvalue weighted by molar-refractivity contribution is 0.102. The van der Waals surface area contributed by atoms with Crippen molar-refractivity contribution < 1.29 is 4.79 Å². The maximum Gasteiger partial charge on any atom is 0.256 e. The van der Waals surface area contributed by atoms with Crippen LogP contribution in [0.4, 0.5) is 5.82 Å². The van der Waals surface area contributed by atoms with Gasteiger partial charge in [-0.15, -0.1) is 0 Å². The van der Waals surface area contributed by atoms with Crippen LogP contribution in [0.3, 0.4) is 0 Å². The molecule has 3 aromatic rings. The highest BCUT2D eigenvalue weighted by molar-refractivity contribution is 6.42. The molecule has 0 saturated carbocycles. The zero-order valence-corrected chi connectivity index (χ0v) is 16.3. The third kappa shape index (κ3) is 4.09. The van der Waals surface area contributed by atoms with Crippen LogP contribution in [0.2, 0.25) is 10.0 Å². The molecule has 1 heterocycles. The molecule has 0 radical (unpaired) electrons. The Morgan fingerprint density at radius 3 is 2.31 bits per heavy atom. The van der Waals surface area contributed by atoms with Gasteiger partial charge in [0.1, 0.15) is 0 Å². The molecule has 0 aliphatic carbocycles. The molecule has 0 atom stereocenters. The molecule has 1 amide bonds. The molecular weight excluding hydrogens is 369 g/mol. The standard InChI is InChI=1S/C20H19Cl2N3O/c1-20(2,3)14-6-4-13(5-7-14)19(26)23-18-10-11-25(24-18)15-8-9-16(21)17(22)12-15/h4-12H,1-3H3,(H,23,24,26). The largest absolute Gasteiger partial charge is 0.305 e. The predicted molar refractivity (Wildman–Crippen MR) is 107 cm³/mol. The van der Waals surface area contributed by atoms with E-state index in [4.69, 9.17) is 23.2 Å².